The molecular weight excluding hydrogens is 231 g/mol. The molecule has 0 radical (unpaired) electrons. The highest BCUT2D eigenvalue weighted by Crippen LogP contribution is 2.25. The highest BCUT2D eigenvalue weighted by Gasteiger charge is 2.36. The zero-order valence-corrected chi connectivity index (χ0v) is 10.2. The summed E-state index contributed by atoms with van der Waals surface area (Å²) in [5, 5.41) is 3.26. The van der Waals surface area contributed by atoms with Crippen molar-refractivity contribution in [3.8, 4) is 0 Å². The molecule has 1 aromatic carbocycles. The lowest BCUT2D eigenvalue weighted by atomic mass is 9.87. The Morgan fingerprint density at radius 1 is 1.44 bits per heavy atom. The molecule has 1 N–H and O–H groups in total. The Labute approximate surface area is 106 Å². The fraction of sp³-hybridized carbons (Fsp3) is 0.500. The molecule has 0 unspecified atom stereocenters. The van der Waals surface area contributed by atoms with E-state index in [1.165, 1.54) is 12.1 Å². The Hall–Kier alpha value is -1.42. The number of amides is 1. The fourth-order valence-electron chi connectivity index (χ4n) is 2.97. The molecule has 96 valence electrons. The molecule has 0 aliphatic carbocycles. The van der Waals surface area contributed by atoms with Crippen molar-refractivity contribution in [3.05, 3.63) is 35.6 Å². The molecule has 2 bridgehead atoms. The number of hydrogen-bond acceptors (Lipinski definition) is 2. The molecule has 2 fully saturated rings. The molecule has 1 aromatic rings. The van der Waals surface area contributed by atoms with Gasteiger partial charge in [-0.15, -0.1) is 0 Å². The van der Waals surface area contributed by atoms with Crippen molar-refractivity contribution in [1.29, 1.82) is 0 Å². The van der Waals surface area contributed by atoms with Gasteiger partial charge in [0.1, 0.15) is 5.82 Å². The number of halogens is 1. The minimum atomic E-state index is -0.240. The zero-order chi connectivity index (χ0) is 12.5. The summed E-state index contributed by atoms with van der Waals surface area (Å²) in [7, 11) is 0. The van der Waals surface area contributed by atoms with Crippen LogP contribution >= 0.6 is 0 Å². The van der Waals surface area contributed by atoms with E-state index in [2.05, 4.69) is 5.32 Å². The topological polar surface area (TPSA) is 32.3 Å². The first kappa shape index (κ1) is 11.7. The second-order valence-electron chi connectivity index (χ2n) is 5.25. The highest BCUT2D eigenvalue weighted by atomic mass is 19.1. The van der Waals surface area contributed by atoms with Gasteiger partial charge in [-0.05, 0) is 43.0 Å². The molecule has 2 atom stereocenters. The van der Waals surface area contributed by atoms with Crippen LogP contribution in [0.2, 0.25) is 0 Å². The lowest BCUT2D eigenvalue weighted by Crippen LogP contribution is -2.56. The van der Waals surface area contributed by atoms with Gasteiger partial charge in [0.15, 0.2) is 0 Å². The SMILES string of the molecule is O=C1[C@H]2C[C@H](CCN2)CN1Cc1cccc(F)c1. The van der Waals surface area contributed by atoms with E-state index in [-0.39, 0.29) is 17.8 Å². The van der Waals surface area contributed by atoms with E-state index in [1.807, 2.05) is 11.0 Å². The molecule has 0 saturated carbocycles. The summed E-state index contributed by atoms with van der Waals surface area (Å²) >= 11 is 0. The summed E-state index contributed by atoms with van der Waals surface area (Å²) in [6.45, 7) is 2.27. The van der Waals surface area contributed by atoms with Crippen molar-refractivity contribution in [2.24, 2.45) is 5.92 Å². The van der Waals surface area contributed by atoms with Crippen LogP contribution in [0.4, 0.5) is 4.39 Å². The van der Waals surface area contributed by atoms with Gasteiger partial charge in [0.25, 0.3) is 0 Å². The van der Waals surface area contributed by atoms with Gasteiger partial charge in [-0.3, -0.25) is 4.79 Å². The van der Waals surface area contributed by atoms with E-state index < -0.39 is 0 Å². The molecule has 0 spiro atoms. The number of likely N-dealkylation sites (tertiary alicyclic amines) is 1. The molecule has 2 aliphatic heterocycles. The molecule has 0 aromatic heterocycles. The van der Waals surface area contributed by atoms with Crippen molar-refractivity contribution in [3.63, 3.8) is 0 Å². The molecule has 18 heavy (non-hydrogen) atoms. The number of fused-ring (bicyclic) bond motifs is 2. The number of hydrogen-bond donors (Lipinski definition) is 1. The van der Waals surface area contributed by atoms with Crippen molar-refractivity contribution < 1.29 is 9.18 Å². The van der Waals surface area contributed by atoms with Crippen molar-refractivity contribution in [2.75, 3.05) is 13.1 Å². The summed E-state index contributed by atoms with van der Waals surface area (Å²) in [5.41, 5.74) is 0.864. The molecule has 2 saturated heterocycles. The molecule has 3 nitrogen and oxygen atoms in total. The maximum Gasteiger partial charge on any atom is 0.240 e. The normalized spacial score (nSPS) is 27.4. The quantitative estimate of drug-likeness (QED) is 0.861. The van der Waals surface area contributed by atoms with Gasteiger partial charge in [0.05, 0.1) is 6.04 Å². The molecule has 1 amide bonds. The molecule has 2 heterocycles. The molecule has 2 aliphatic rings. The van der Waals surface area contributed by atoms with E-state index in [1.54, 1.807) is 6.07 Å². The maximum absolute atomic E-state index is 13.1. The monoisotopic (exact) mass is 248 g/mol. The predicted molar refractivity (Wildman–Crippen MR) is 66.3 cm³/mol. The van der Waals surface area contributed by atoms with Crippen LogP contribution in [0.25, 0.3) is 0 Å². The third-order valence-corrected chi connectivity index (χ3v) is 3.86. The van der Waals surface area contributed by atoms with Crippen LogP contribution in [0.5, 0.6) is 0 Å². The smallest absolute Gasteiger partial charge is 0.240 e. The van der Waals surface area contributed by atoms with Crippen LogP contribution in [0.3, 0.4) is 0 Å². The van der Waals surface area contributed by atoms with Crippen molar-refractivity contribution in [1.82, 2.24) is 10.2 Å². The van der Waals surface area contributed by atoms with E-state index in [4.69, 9.17) is 0 Å². The zero-order valence-electron chi connectivity index (χ0n) is 10.2. The average molecular weight is 248 g/mol. The van der Waals surface area contributed by atoms with Gasteiger partial charge in [-0.25, -0.2) is 4.39 Å². The highest BCUT2D eigenvalue weighted by molar-refractivity contribution is 5.83. The van der Waals surface area contributed by atoms with Crippen LogP contribution in [-0.4, -0.2) is 29.9 Å². The average Bonchev–Trinajstić information content (AvgIpc) is 2.36. The lowest BCUT2D eigenvalue weighted by molar-refractivity contribution is -0.139. The standard InChI is InChI=1S/C14H17FN2O/c15-12-3-1-2-10(6-12)8-17-9-11-4-5-16-13(7-11)14(17)18/h1-3,6,11,13,16H,4-5,7-9H2/t11-,13+/m0/s1. The number of carbonyl (C=O) groups is 1. The van der Waals surface area contributed by atoms with Gasteiger partial charge in [-0.1, -0.05) is 12.1 Å². The van der Waals surface area contributed by atoms with E-state index >= 15 is 0 Å². The predicted octanol–water partition coefficient (Wildman–Crippen LogP) is 1.54. The van der Waals surface area contributed by atoms with Crippen LogP contribution in [0.15, 0.2) is 24.3 Å². The summed E-state index contributed by atoms with van der Waals surface area (Å²) in [6.07, 6.45) is 2.09. The second-order valence-corrected chi connectivity index (χ2v) is 5.25. The Kier molecular flexibility index (Phi) is 3.04. The van der Waals surface area contributed by atoms with Crippen molar-refractivity contribution >= 4 is 5.91 Å². The minimum Gasteiger partial charge on any atom is -0.337 e. The lowest BCUT2D eigenvalue weighted by Gasteiger charge is -2.41. The van der Waals surface area contributed by atoms with Gasteiger partial charge in [-0.2, -0.15) is 0 Å². The van der Waals surface area contributed by atoms with E-state index in [9.17, 15) is 9.18 Å². The van der Waals surface area contributed by atoms with Crippen LogP contribution in [0.1, 0.15) is 18.4 Å². The van der Waals surface area contributed by atoms with E-state index in [0.717, 1.165) is 31.5 Å². The number of benzene rings is 1. The largest absolute Gasteiger partial charge is 0.337 e. The van der Waals surface area contributed by atoms with Gasteiger partial charge in [0.2, 0.25) is 5.91 Å². The molecule has 4 heteroatoms. The summed E-state index contributed by atoms with van der Waals surface area (Å²) < 4.78 is 13.1. The third kappa shape index (κ3) is 2.25. The third-order valence-electron chi connectivity index (χ3n) is 3.86. The molecular formula is C14H17FN2O. The number of piperidine rings is 2. The summed E-state index contributed by atoms with van der Waals surface area (Å²) in [5.74, 6) is 0.521. The van der Waals surface area contributed by atoms with Crippen LogP contribution < -0.4 is 5.32 Å². The fourth-order valence-corrected chi connectivity index (χ4v) is 2.97. The second kappa shape index (κ2) is 4.69. The first-order chi connectivity index (χ1) is 8.72. The maximum atomic E-state index is 13.1. The van der Waals surface area contributed by atoms with Crippen LogP contribution in [0, 0.1) is 11.7 Å². The Morgan fingerprint density at radius 3 is 3.17 bits per heavy atom. The first-order valence-electron chi connectivity index (χ1n) is 6.49. The Balaban J connectivity index is 1.74. The molecule has 3 rings (SSSR count). The number of rotatable bonds is 2. The number of nitrogens with zero attached hydrogens (tertiary/aromatic N) is 1. The summed E-state index contributed by atoms with van der Waals surface area (Å²) in [4.78, 5) is 14.1. The minimum absolute atomic E-state index is 0.0222. The van der Waals surface area contributed by atoms with E-state index in [0.29, 0.717) is 12.5 Å². The number of carbonyl (C=O) groups excluding carboxylic acids is 1. The Morgan fingerprint density at radius 2 is 2.33 bits per heavy atom. The van der Waals surface area contributed by atoms with Gasteiger partial charge < -0.3 is 10.2 Å². The van der Waals surface area contributed by atoms with Crippen LogP contribution in [-0.2, 0) is 11.3 Å². The van der Waals surface area contributed by atoms with Gasteiger partial charge in [0, 0.05) is 13.1 Å². The summed E-state index contributed by atoms with van der Waals surface area (Å²) in [6, 6.07) is 6.47. The van der Waals surface area contributed by atoms with Gasteiger partial charge >= 0.3 is 0 Å². The Bertz CT molecular complexity index is 463. The van der Waals surface area contributed by atoms with Crippen molar-refractivity contribution in [2.45, 2.75) is 25.4 Å². The number of nitrogens with one attached hydrogen (secondary N) is 1. The first-order valence-corrected chi connectivity index (χ1v) is 6.49.